The van der Waals surface area contributed by atoms with Crippen molar-refractivity contribution >= 4 is 13.8 Å². The summed E-state index contributed by atoms with van der Waals surface area (Å²) >= 11 is 0. The van der Waals surface area contributed by atoms with Crippen LogP contribution in [-0.2, 0) is 27.9 Å². The van der Waals surface area contributed by atoms with Crippen molar-refractivity contribution in [3.63, 3.8) is 0 Å². The average molecular weight is 715 g/mol. The Bertz CT molecular complexity index is 884. The predicted molar refractivity (Wildman–Crippen MR) is 205 cm³/mol. The molecule has 0 amide bonds. The average Bonchev–Trinajstić information content (AvgIpc) is 3.04. The first-order valence-electron chi connectivity index (χ1n) is 19.8. The molecule has 2 atom stereocenters. The standard InChI is InChI=1S/C40H76NO7P/c1-6-8-10-12-14-16-18-19-20-21-22-24-26-28-30-32-35-45-37-39(38-47-49(43,44)46-36-34-41(3,4)5)48-40(42)33-31-29-27-25-23-17-15-13-11-9-7-2/h13,15-16,18,32,35,39H,6-12,14,17,19-31,33-34,36-38H2,1-5H3/p+1/b15-13-,18-16-,35-32-/t39-/m1/s1. The quantitative estimate of drug-likeness (QED) is 0.0172. The lowest BCUT2D eigenvalue weighted by molar-refractivity contribution is -0.870. The van der Waals surface area contributed by atoms with E-state index in [1.807, 2.05) is 27.2 Å². The van der Waals surface area contributed by atoms with Gasteiger partial charge in [-0.1, -0.05) is 115 Å². The van der Waals surface area contributed by atoms with Gasteiger partial charge in [0.2, 0.25) is 0 Å². The lowest BCUT2D eigenvalue weighted by Crippen LogP contribution is -2.37. The maximum absolute atomic E-state index is 12.6. The summed E-state index contributed by atoms with van der Waals surface area (Å²) in [7, 11) is 1.62. The highest BCUT2D eigenvalue weighted by Crippen LogP contribution is 2.43. The van der Waals surface area contributed by atoms with E-state index in [1.165, 1.54) is 96.3 Å². The second-order valence-electron chi connectivity index (χ2n) is 14.4. The third kappa shape index (κ3) is 37.6. The van der Waals surface area contributed by atoms with Crippen LogP contribution in [0.15, 0.2) is 36.6 Å². The van der Waals surface area contributed by atoms with Crippen LogP contribution in [-0.4, -0.2) is 69.0 Å². The Morgan fingerprint density at radius 1 is 0.633 bits per heavy atom. The summed E-state index contributed by atoms with van der Waals surface area (Å²) in [5.41, 5.74) is 0. The number of hydrogen-bond acceptors (Lipinski definition) is 6. The van der Waals surface area contributed by atoms with Gasteiger partial charge in [-0.05, 0) is 70.3 Å². The number of likely N-dealkylation sites (N-methyl/N-ethyl adjacent to an activating group) is 1. The Morgan fingerprint density at radius 3 is 1.63 bits per heavy atom. The third-order valence-electron chi connectivity index (χ3n) is 8.24. The maximum atomic E-state index is 12.6. The van der Waals surface area contributed by atoms with E-state index in [-0.39, 0.29) is 25.8 Å². The van der Waals surface area contributed by atoms with E-state index in [0.717, 1.165) is 44.9 Å². The molecule has 0 spiro atoms. The minimum atomic E-state index is -4.29. The molecule has 8 nitrogen and oxygen atoms in total. The molecular weight excluding hydrogens is 637 g/mol. The van der Waals surface area contributed by atoms with Gasteiger partial charge in [0.05, 0.1) is 34.0 Å². The molecule has 0 aliphatic heterocycles. The van der Waals surface area contributed by atoms with E-state index < -0.39 is 13.9 Å². The summed E-state index contributed by atoms with van der Waals surface area (Å²) in [5.74, 6) is -0.350. The van der Waals surface area contributed by atoms with Gasteiger partial charge in [0.25, 0.3) is 0 Å². The first kappa shape index (κ1) is 47.6. The van der Waals surface area contributed by atoms with Gasteiger partial charge in [0.1, 0.15) is 19.8 Å². The molecule has 0 aromatic rings. The number of carbonyl (C=O) groups is 1. The number of carbonyl (C=O) groups excluding carboxylic acids is 1. The van der Waals surface area contributed by atoms with Crippen molar-refractivity contribution in [2.45, 2.75) is 168 Å². The molecule has 288 valence electrons. The maximum Gasteiger partial charge on any atom is 0.472 e. The highest BCUT2D eigenvalue weighted by molar-refractivity contribution is 7.47. The molecule has 0 saturated carbocycles. The number of ether oxygens (including phenoxy) is 2. The molecule has 1 N–H and O–H groups in total. The molecule has 9 heteroatoms. The smallest absolute Gasteiger partial charge is 0.472 e. The highest BCUT2D eigenvalue weighted by Gasteiger charge is 2.26. The molecule has 49 heavy (non-hydrogen) atoms. The Hall–Kier alpha value is -1.44. The van der Waals surface area contributed by atoms with Gasteiger partial charge in [0, 0.05) is 6.42 Å². The highest BCUT2D eigenvalue weighted by atomic mass is 31.2. The fourth-order valence-electron chi connectivity index (χ4n) is 5.08. The van der Waals surface area contributed by atoms with Crippen LogP contribution >= 0.6 is 7.82 Å². The van der Waals surface area contributed by atoms with Gasteiger partial charge in [-0.3, -0.25) is 13.8 Å². The third-order valence-corrected chi connectivity index (χ3v) is 9.22. The van der Waals surface area contributed by atoms with Crippen LogP contribution in [0.3, 0.4) is 0 Å². The molecule has 0 rings (SSSR count). The van der Waals surface area contributed by atoms with Crippen molar-refractivity contribution in [3.8, 4) is 0 Å². The summed E-state index contributed by atoms with van der Waals surface area (Å²) < 4.78 is 34.6. The molecule has 0 aliphatic rings. The SMILES string of the molecule is CCCC/C=C\CCCCCCCC(=O)O[C@H](CO/C=C\CCCCCCCC/C=C\CCCCCC)COP(=O)(O)OCC[N+](C)(C)C. The summed E-state index contributed by atoms with van der Waals surface area (Å²) in [6.07, 6.45) is 38.4. The number of rotatable bonds is 36. The Kier molecular flexibility index (Phi) is 32.7. The predicted octanol–water partition coefficient (Wildman–Crippen LogP) is 11.4. The summed E-state index contributed by atoms with van der Waals surface area (Å²) in [4.78, 5) is 22.7. The van der Waals surface area contributed by atoms with Gasteiger partial charge in [-0.2, -0.15) is 0 Å². The van der Waals surface area contributed by atoms with E-state index in [9.17, 15) is 14.3 Å². The number of quaternary nitrogens is 1. The van der Waals surface area contributed by atoms with Crippen LogP contribution < -0.4 is 0 Å². The Balaban J connectivity index is 4.35. The normalized spacial score (nSPS) is 14.2. The number of allylic oxidation sites excluding steroid dienone is 5. The van der Waals surface area contributed by atoms with E-state index >= 15 is 0 Å². The van der Waals surface area contributed by atoms with Crippen molar-refractivity contribution in [1.82, 2.24) is 0 Å². The van der Waals surface area contributed by atoms with Crippen LogP contribution in [0.1, 0.15) is 162 Å². The summed E-state index contributed by atoms with van der Waals surface area (Å²) in [6.45, 7) is 4.85. The van der Waals surface area contributed by atoms with Crippen LogP contribution in [0.25, 0.3) is 0 Å². The van der Waals surface area contributed by atoms with Crippen LogP contribution in [0.2, 0.25) is 0 Å². The minimum absolute atomic E-state index is 0.0417. The number of phosphoric ester groups is 1. The van der Waals surface area contributed by atoms with E-state index in [1.54, 1.807) is 6.26 Å². The van der Waals surface area contributed by atoms with Gasteiger partial charge in [-0.15, -0.1) is 0 Å². The molecule has 0 bridgehead atoms. The first-order chi connectivity index (χ1) is 23.6. The number of hydrogen-bond donors (Lipinski definition) is 1. The second-order valence-corrected chi connectivity index (χ2v) is 15.8. The van der Waals surface area contributed by atoms with Gasteiger partial charge in [0.15, 0.2) is 6.10 Å². The molecule has 0 fully saturated rings. The lowest BCUT2D eigenvalue weighted by Gasteiger charge is -2.24. The molecule has 0 radical (unpaired) electrons. The van der Waals surface area contributed by atoms with Crippen LogP contribution in [0.5, 0.6) is 0 Å². The van der Waals surface area contributed by atoms with E-state index in [4.69, 9.17) is 18.5 Å². The molecule has 1 unspecified atom stereocenters. The minimum Gasteiger partial charge on any atom is -0.498 e. The molecular formula is C40H77NO7P+. The zero-order chi connectivity index (χ0) is 36.3. The molecule has 0 aromatic carbocycles. The Morgan fingerprint density at radius 2 is 1.10 bits per heavy atom. The zero-order valence-corrected chi connectivity index (χ0v) is 33.3. The lowest BCUT2D eigenvalue weighted by atomic mass is 10.1. The van der Waals surface area contributed by atoms with Crippen LogP contribution in [0.4, 0.5) is 0 Å². The van der Waals surface area contributed by atoms with Crippen LogP contribution in [0, 0.1) is 0 Å². The van der Waals surface area contributed by atoms with Crippen molar-refractivity contribution in [3.05, 3.63) is 36.6 Å². The van der Waals surface area contributed by atoms with Crippen molar-refractivity contribution in [2.24, 2.45) is 0 Å². The molecule has 0 aromatic heterocycles. The number of unbranched alkanes of at least 4 members (excludes halogenated alkanes) is 18. The summed E-state index contributed by atoms with van der Waals surface area (Å²) in [5, 5.41) is 0. The topological polar surface area (TPSA) is 91.3 Å². The monoisotopic (exact) mass is 715 g/mol. The van der Waals surface area contributed by atoms with Crippen molar-refractivity contribution < 1.29 is 37.3 Å². The first-order valence-corrected chi connectivity index (χ1v) is 21.3. The van der Waals surface area contributed by atoms with Gasteiger partial charge < -0.3 is 18.9 Å². The van der Waals surface area contributed by atoms with Crippen molar-refractivity contribution in [2.75, 3.05) is 47.5 Å². The Labute approximate surface area is 302 Å². The molecule has 0 aliphatic carbocycles. The molecule has 0 saturated heterocycles. The number of phosphoric acid groups is 1. The van der Waals surface area contributed by atoms with Gasteiger partial charge >= 0.3 is 13.8 Å². The number of esters is 1. The van der Waals surface area contributed by atoms with Gasteiger partial charge in [-0.25, -0.2) is 4.57 Å². The molecule has 0 heterocycles. The summed E-state index contributed by atoms with van der Waals surface area (Å²) in [6, 6.07) is 0. The fraction of sp³-hybridized carbons (Fsp3) is 0.825. The number of nitrogens with zero attached hydrogens (tertiary/aromatic N) is 1. The largest absolute Gasteiger partial charge is 0.498 e. The zero-order valence-electron chi connectivity index (χ0n) is 32.4. The van der Waals surface area contributed by atoms with E-state index in [0.29, 0.717) is 17.4 Å². The van der Waals surface area contributed by atoms with E-state index in [2.05, 4.69) is 38.2 Å². The second kappa shape index (κ2) is 33.7. The van der Waals surface area contributed by atoms with Crippen molar-refractivity contribution in [1.29, 1.82) is 0 Å². The fourth-order valence-corrected chi connectivity index (χ4v) is 5.82.